The van der Waals surface area contributed by atoms with Crippen LogP contribution in [0.15, 0.2) is 131 Å². The average Bonchev–Trinajstić information content (AvgIpc) is 3.21. The molecule has 8 aromatic rings. The van der Waals surface area contributed by atoms with Crippen LogP contribution in [0, 0.1) is 11.6 Å². The Bertz CT molecular complexity index is 2910. The highest BCUT2D eigenvalue weighted by atomic mass is 35.5. The molecule has 0 spiro atoms. The number of aromatic nitrogens is 4. The van der Waals surface area contributed by atoms with Gasteiger partial charge in [-0.3, -0.25) is 19.6 Å². The molecular formula is C44H37Cl3F2N8O2. The molecule has 15 heteroatoms. The molecule has 0 saturated carbocycles. The van der Waals surface area contributed by atoms with Crippen LogP contribution in [0.2, 0.25) is 15.1 Å². The number of benzene rings is 4. The number of nitrogens with two attached hydrogens (primary N) is 1. The molecule has 0 aliphatic rings. The van der Waals surface area contributed by atoms with Crippen LogP contribution in [0.25, 0.3) is 44.1 Å². The highest BCUT2D eigenvalue weighted by Gasteiger charge is 2.17. The molecule has 8 rings (SSSR count). The molecule has 4 heterocycles. The van der Waals surface area contributed by atoms with Crippen LogP contribution in [0.3, 0.4) is 0 Å². The van der Waals surface area contributed by atoms with E-state index < -0.39 is 22.8 Å². The SMILES string of the molecule is CN(C)c1[nH]c(=O)c(-c2cc(Cl)ccc2F)cc1N.CN(C)c1[nH]c(=O)c(-c2cc(Cl)ccc2F)cc1Nc1ccnc2ccccc12.Clc1ccnc2ccccc12. The van der Waals surface area contributed by atoms with Crippen molar-refractivity contribution < 1.29 is 8.78 Å². The van der Waals surface area contributed by atoms with Crippen LogP contribution in [0.5, 0.6) is 0 Å². The van der Waals surface area contributed by atoms with Crippen LogP contribution in [-0.2, 0) is 0 Å². The number of hydrogen-bond donors (Lipinski definition) is 4. The quantitative estimate of drug-likeness (QED) is 0.130. The van der Waals surface area contributed by atoms with E-state index in [9.17, 15) is 18.4 Å². The standard InChI is InChI=1S/C22H18ClFN4O.C13H13ClFN3O.C9H6ClN/c1-28(2)21-20(26-19-9-10-25-18-6-4-3-5-14(18)19)12-16(22(29)27-21)15-11-13(23)7-8-17(15)24;1-18(2)12-11(16)6-9(13(19)17-12)8-5-7(14)3-4-10(8)15;10-8-5-6-11-9-4-2-1-3-7(8)9/h3-12H,1-2H3,(H,25,26)(H,27,29);3-6H,16H2,1-2H3,(H,17,19);1-6H. The number of H-pyrrole nitrogens is 2. The van der Waals surface area contributed by atoms with Crippen LogP contribution in [0.4, 0.5) is 37.5 Å². The number of hydrogen-bond acceptors (Lipinski definition) is 8. The summed E-state index contributed by atoms with van der Waals surface area (Å²) in [6.07, 6.45) is 3.42. The largest absolute Gasteiger partial charge is 0.396 e. The van der Waals surface area contributed by atoms with Crippen molar-refractivity contribution in [3.8, 4) is 22.3 Å². The first-order valence-electron chi connectivity index (χ1n) is 17.9. The van der Waals surface area contributed by atoms with E-state index in [1.165, 1.54) is 42.5 Å². The second-order valence-electron chi connectivity index (χ2n) is 13.4. The second-order valence-corrected chi connectivity index (χ2v) is 14.7. The van der Waals surface area contributed by atoms with Crippen molar-refractivity contribution in [2.75, 3.05) is 49.0 Å². The molecule has 0 atom stereocenters. The Hall–Kier alpha value is -6.47. The Balaban J connectivity index is 0.000000166. The summed E-state index contributed by atoms with van der Waals surface area (Å²) in [4.78, 5) is 42.2. The van der Waals surface area contributed by atoms with Crippen molar-refractivity contribution in [3.63, 3.8) is 0 Å². The van der Waals surface area contributed by atoms with Crippen molar-refractivity contribution in [1.82, 2.24) is 19.9 Å². The van der Waals surface area contributed by atoms with Crippen LogP contribution >= 0.6 is 34.8 Å². The number of nitrogen functional groups attached to an aromatic ring is 1. The molecular weight excluding hydrogens is 817 g/mol. The summed E-state index contributed by atoms with van der Waals surface area (Å²) < 4.78 is 28.2. The number of nitrogens with one attached hydrogen (secondary N) is 3. The average molecular weight is 854 g/mol. The number of aromatic amines is 2. The topological polar surface area (TPSA) is 136 Å². The van der Waals surface area contributed by atoms with Crippen LogP contribution in [-0.4, -0.2) is 48.1 Å². The first kappa shape index (κ1) is 42.1. The minimum Gasteiger partial charge on any atom is -0.396 e. The fourth-order valence-electron chi connectivity index (χ4n) is 6.09. The maximum Gasteiger partial charge on any atom is 0.257 e. The predicted octanol–water partition coefficient (Wildman–Crippen LogP) is 10.6. The van der Waals surface area contributed by atoms with E-state index in [-0.39, 0.29) is 22.3 Å². The molecule has 0 fully saturated rings. The molecule has 0 aliphatic heterocycles. The minimum atomic E-state index is -0.521. The predicted molar refractivity (Wildman–Crippen MR) is 240 cm³/mol. The zero-order valence-corrected chi connectivity index (χ0v) is 34.4. The van der Waals surface area contributed by atoms with Gasteiger partial charge in [-0.05, 0) is 72.8 Å². The van der Waals surface area contributed by atoms with E-state index in [4.69, 9.17) is 40.5 Å². The van der Waals surface area contributed by atoms with E-state index in [0.29, 0.717) is 33.1 Å². The minimum absolute atomic E-state index is 0.130. The zero-order valence-electron chi connectivity index (χ0n) is 32.1. The van der Waals surface area contributed by atoms with Gasteiger partial charge in [-0.1, -0.05) is 71.2 Å². The lowest BCUT2D eigenvalue weighted by Crippen LogP contribution is -2.20. The zero-order chi connectivity index (χ0) is 42.4. The van der Waals surface area contributed by atoms with Gasteiger partial charge in [-0.25, -0.2) is 8.78 Å². The van der Waals surface area contributed by atoms with Gasteiger partial charge < -0.3 is 30.8 Å². The highest BCUT2D eigenvalue weighted by Crippen LogP contribution is 2.33. The van der Waals surface area contributed by atoms with E-state index >= 15 is 0 Å². The maximum atomic E-state index is 14.4. The lowest BCUT2D eigenvalue weighted by molar-refractivity contribution is 0.630. The van der Waals surface area contributed by atoms with E-state index in [0.717, 1.165) is 32.5 Å². The molecule has 4 aromatic heterocycles. The van der Waals surface area contributed by atoms with Gasteiger partial charge in [0.05, 0.1) is 38.6 Å². The van der Waals surface area contributed by atoms with Gasteiger partial charge in [0.25, 0.3) is 11.1 Å². The lowest BCUT2D eigenvalue weighted by atomic mass is 10.1. The van der Waals surface area contributed by atoms with Gasteiger partial charge in [0.1, 0.15) is 23.3 Å². The molecule has 0 saturated heterocycles. The van der Waals surface area contributed by atoms with Gasteiger partial charge in [0, 0.05) is 78.2 Å². The monoisotopic (exact) mass is 852 g/mol. The fourth-order valence-corrected chi connectivity index (χ4v) is 6.65. The molecule has 0 bridgehead atoms. The second kappa shape index (κ2) is 18.4. The summed E-state index contributed by atoms with van der Waals surface area (Å²) in [5.74, 6) is 0.0167. The molecule has 0 aliphatic carbocycles. The van der Waals surface area contributed by atoms with Crippen molar-refractivity contribution in [1.29, 1.82) is 0 Å². The Morgan fingerprint density at radius 2 is 1.07 bits per heavy atom. The molecule has 0 unspecified atom stereocenters. The smallest absolute Gasteiger partial charge is 0.257 e. The summed E-state index contributed by atoms with van der Waals surface area (Å²) in [5, 5.41) is 6.77. The molecule has 0 radical (unpaired) electrons. The Labute approximate surface area is 352 Å². The van der Waals surface area contributed by atoms with E-state index in [1.54, 1.807) is 48.4 Å². The van der Waals surface area contributed by atoms with Crippen molar-refractivity contribution in [2.45, 2.75) is 0 Å². The number of nitrogens with zero attached hydrogens (tertiary/aromatic N) is 4. The molecule has 300 valence electrons. The summed E-state index contributed by atoms with van der Waals surface area (Å²) in [6.45, 7) is 0. The van der Waals surface area contributed by atoms with Crippen molar-refractivity contribution in [2.24, 2.45) is 0 Å². The summed E-state index contributed by atoms with van der Waals surface area (Å²) >= 11 is 17.8. The van der Waals surface area contributed by atoms with Gasteiger partial charge in [0.15, 0.2) is 0 Å². The third-order valence-electron chi connectivity index (χ3n) is 8.92. The Morgan fingerprint density at radius 1 is 0.576 bits per heavy atom. The van der Waals surface area contributed by atoms with Crippen molar-refractivity contribution in [3.05, 3.63) is 169 Å². The lowest BCUT2D eigenvalue weighted by Gasteiger charge is -2.20. The van der Waals surface area contributed by atoms with Gasteiger partial charge in [0.2, 0.25) is 0 Å². The Kier molecular flexibility index (Phi) is 13.2. The Morgan fingerprint density at radius 3 is 1.63 bits per heavy atom. The summed E-state index contributed by atoms with van der Waals surface area (Å²) in [7, 11) is 7.14. The normalized spacial score (nSPS) is 10.7. The van der Waals surface area contributed by atoms with E-state index in [1.807, 2.05) is 68.7 Å². The summed E-state index contributed by atoms with van der Waals surface area (Å²) in [6, 6.07) is 30.5. The first-order valence-corrected chi connectivity index (χ1v) is 19.0. The maximum absolute atomic E-state index is 14.4. The molecule has 5 N–H and O–H groups in total. The van der Waals surface area contributed by atoms with Gasteiger partial charge in [-0.15, -0.1) is 0 Å². The first-order chi connectivity index (χ1) is 28.2. The highest BCUT2D eigenvalue weighted by molar-refractivity contribution is 6.35. The third-order valence-corrected chi connectivity index (χ3v) is 9.72. The number of fused-ring (bicyclic) bond motifs is 2. The van der Waals surface area contributed by atoms with Crippen LogP contribution < -0.4 is 32.0 Å². The van der Waals surface area contributed by atoms with Crippen molar-refractivity contribution >= 4 is 85.3 Å². The summed E-state index contributed by atoms with van der Waals surface area (Å²) in [5.41, 5.74) is 9.25. The number of halogens is 5. The molecule has 0 amide bonds. The molecule has 4 aromatic carbocycles. The van der Waals surface area contributed by atoms with Gasteiger partial charge in [-0.2, -0.15) is 0 Å². The van der Waals surface area contributed by atoms with E-state index in [2.05, 4.69) is 25.3 Å². The molecule has 59 heavy (non-hydrogen) atoms. The van der Waals surface area contributed by atoms with Gasteiger partial charge >= 0.3 is 0 Å². The molecule has 10 nitrogen and oxygen atoms in total. The number of anilines is 5. The number of para-hydroxylation sites is 2. The number of pyridine rings is 4. The third kappa shape index (κ3) is 9.81. The fraction of sp³-hybridized carbons (Fsp3) is 0.0909. The van der Waals surface area contributed by atoms with Crippen LogP contribution in [0.1, 0.15) is 0 Å². The number of rotatable bonds is 6.